The normalized spacial score (nSPS) is 22.9. The van der Waals surface area contributed by atoms with Gasteiger partial charge in [0.2, 0.25) is 11.8 Å². The first kappa shape index (κ1) is 11.0. The number of amides is 2. The molecule has 1 saturated heterocycles. The van der Waals surface area contributed by atoms with E-state index in [2.05, 4.69) is 5.32 Å². The van der Waals surface area contributed by atoms with E-state index in [1.54, 1.807) is 11.8 Å². The number of nitrogens with zero attached hydrogens (tertiary/aromatic N) is 1. The molecule has 0 aliphatic carbocycles. The average Bonchev–Trinajstić information content (AvgIpc) is 2.15. The van der Waals surface area contributed by atoms with Crippen LogP contribution in [0.15, 0.2) is 0 Å². The van der Waals surface area contributed by atoms with Gasteiger partial charge in [-0.25, -0.2) is 0 Å². The van der Waals surface area contributed by atoms with Gasteiger partial charge < -0.3 is 10.2 Å². The fourth-order valence-electron chi connectivity index (χ4n) is 1.87. The van der Waals surface area contributed by atoms with Crippen LogP contribution in [0.1, 0.15) is 33.6 Å². The van der Waals surface area contributed by atoms with Crippen LogP contribution in [0.3, 0.4) is 0 Å². The summed E-state index contributed by atoms with van der Waals surface area (Å²) in [5, 5.41) is 2.63. The average molecular weight is 198 g/mol. The molecule has 0 saturated carbocycles. The lowest BCUT2D eigenvalue weighted by Crippen LogP contribution is -2.59. The summed E-state index contributed by atoms with van der Waals surface area (Å²) in [4.78, 5) is 24.7. The summed E-state index contributed by atoms with van der Waals surface area (Å²) in [6, 6.07) is -0.159. The van der Waals surface area contributed by atoms with Gasteiger partial charge in [0, 0.05) is 6.04 Å². The van der Waals surface area contributed by atoms with Crippen LogP contribution in [0.4, 0.5) is 0 Å². The van der Waals surface area contributed by atoms with Gasteiger partial charge in [0.25, 0.3) is 0 Å². The molecule has 1 N–H and O–H groups in total. The van der Waals surface area contributed by atoms with Crippen molar-refractivity contribution in [1.82, 2.24) is 10.2 Å². The zero-order chi connectivity index (χ0) is 10.7. The standard InChI is InChI=1S/C10H18N2O2/c1-4-8(5-2)12-6-9(13)11-7(3)10(12)14/h7-8H,4-6H2,1-3H3,(H,11,13). The summed E-state index contributed by atoms with van der Waals surface area (Å²) in [7, 11) is 0. The number of rotatable bonds is 3. The Bertz CT molecular complexity index is 236. The third-order valence-electron chi connectivity index (χ3n) is 2.73. The van der Waals surface area contributed by atoms with Gasteiger partial charge in [-0.05, 0) is 19.8 Å². The molecule has 2 amide bonds. The fraction of sp³-hybridized carbons (Fsp3) is 0.800. The molecule has 14 heavy (non-hydrogen) atoms. The quantitative estimate of drug-likeness (QED) is 0.718. The molecule has 4 heteroatoms. The number of nitrogens with one attached hydrogen (secondary N) is 1. The van der Waals surface area contributed by atoms with Crippen LogP contribution < -0.4 is 5.32 Å². The highest BCUT2D eigenvalue weighted by molar-refractivity contribution is 5.94. The van der Waals surface area contributed by atoms with Gasteiger partial charge in [-0.15, -0.1) is 0 Å². The van der Waals surface area contributed by atoms with E-state index in [1.807, 2.05) is 13.8 Å². The van der Waals surface area contributed by atoms with Gasteiger partial charge >= 0.3 is 0 Å². The Morgan fingerprint density at radius 3 is 2.50 bits per heavy atom. The Balaban J connectivity index is 2.74. The van der Waals surface area contributed by atoms with Gasteiger partial charge in [0.05, 0.1) is 6.54 Å². The Kier molecular flexibility index (Phi) is 3.49. The smallest absolute Gasteiger partial charge is 0.245 e. The number of carbonyl (C=O) groups is 2. The number of hydrogen-bond acceptors (Lipinski definition) is 2. The molecule has 1 aliphatic rings. The van der Waals surface area contributed by atoms with Crippen molar-refractivity contribution in [3.05, 3.63) is 0 Å². The molecule has 1 atom stereocenters. The van der Waals surface area contributed by atoms with Crippen LogP contribution in [-0.2, 0) is 9.59 Å². The molecule has 0 spiro atoms. The van der Waals surface area contributed by atoms with Gasteiger partial charge in [-0.3, -0.25) is 9.59 Å². The van der Waals surface area contributed by atoms with Crippen LogP contribution in [0.2, 0.25) is 0 Å². The summed E-state index contributed by atoms with van der Waals surface area (Å²) in [6.07, 6.45) is 1.81. The van der Waals surface area contributed by atoms with Crippen molar-refractivity contribution < 1.29 is 9.59 Å². The monoisotopic (exact) mass is 198 g/mol. The SMILES string of the molecule is CCC(CC)N1CC(=O)NC(C)C1=O. The molecule has 80 valence electrons. The lowest BCUT2D eigenvalue weighted by molar-refractivity contribution is -0.146. The molecule has 1 heterocycles. The van der Waals surface area contributed by atoms with E-state index >= 15 is 0 Å². The molecule has 1 aliphatic heterocycles. The molecule has 1 unspecified atom stereocenters. The largest absolute Gasteiger partial charge is 0.343 e. The summed E-state index contributed by atoms with van der Waals surface area (Å²) in [5.41, 5.74) is 0. The van der Waals surface area contributed by atoms with Gasteiger partial charge in [0.15, 0.2) is 0 Å². The van der Waals surface area contributed by atoms with E-state index in [4.69, 9.17) is 0 Å². The molecule has 0 aromatic rings. The molecule has 0 radical (unpaired) electrons. The highest BCUT2D eigenvalue weighted by Crippen LogP contribution is 2.12. The zero-order valence-corrected chi connectivity index (χ0v) is 9.04. The third-order valence-corrected chi connectivity index (χ3v) is 2.73. The number of carbonyl (C=O) groups excluding carboxylic acids is 2. The minimum Gasteiger partial charge on any atom is -0.343 e. The Morgan fingerprint density at radius 1 is 1.43 bits per heavy atom. The van der Waals surface area contributed by atoms with E-state index in [0.717, 1.165) is 12.8 Å². The maximum atomic E-state index is 11.7. The van der Waals surface area contributed by atoms with Crippen molar-refractivity contribution in [3.8, 4) is 0 Å². The van der Waals surface area contributed by atoms with Crippen LogP contribution >= 0.6 is 0 Å². The molecular formula is C10H18N2O2. The maximum absolute atomic E-state index is 11.7. The second-order valence-corrected chi connectivity index (χ2v) is 3.73. The lowest BCUT2D eigenvalue weighted by atomic mass is 10.1. The maximum Gasteiger partial charge on any atom is 0.245 e. The van der Waals surface area contributed by atoms with Gasteiger partial charge in [-0.1, -0.05) is 13.8 Å². The van der Waals surface area contributed by atoms with Crippen molar-refractivity contribution in [1.29, 1.82) is 0 Å². The highest BCUT2D eigenvalue weighted by Gasteiger charge is 2.32. The minimum absolute atomic E-state index is 0.0401. The van der Waals surface area contributed by atoms with Crippen molar-refractivity contribution >= 4 is 11.8 Å². The molecule has 0 aromatic carbocycles. The molecule has 1 fully saturated rings. The second kappa shape index (κ2) is 4.44. The Labute approximate surface area is 84.7 Å². The molecular weight excluding hydrogens is 180 g/mol. The van der Waals surface area contributed by atoms with Gasteiger partial charge in [-0.2, -0.15) is 0 Å². The Morgan fingerprint density at radius 2 is 2.00 bits per heavy atom. The highest BCUT2D eigenvalue weighted by atomic mass is 16.2. The van der Waals surface area contributed by atoms with Crippen molar-refractivity contribution in [2.24, 2.45) is 0 Å². The van der Waals surface area contributed by atoms with Crippen molar-refractivity contribution in [3.63, 3.8) is 0 Å². The van der Waals surface area contributed by atoms with Crippen molar-refractivity contribution in [2.75, 3.05) is 6.54 Å². The predicted molar refractivity (Wildman–Crippen MR) is 53.7 cm³/mol. The topological polar surface area (TPSA) is 49.4 Å². The molecule has 1 rings (SSSR count). The van der Waals surface area contributed by atoms with Crippen LogP contribution in [0, 0.1) is 0 Å². The number of hydrogen-bond donors (Lipinski definition) is 1. The minimum atomic E-state index is -0.364. The summed E-state index contributed by atoms with van der Waals surface area (Å²) >= 11 is 0. The Hall–Kier alpha value is -1.06. The summed E-state index contributed by atoms with van der Waals surface area (Å²) in [6.45, 7) is 6.03. The van der Waals surface area contributed by atoms with E-state index in [-0.39, 0.29) is 30.4 Å². The van der Waals surface area contributed by atoms with Crippen LogP contribution in [-0.4, -0.2) is 35.3 Å². The van der Waals surface area contributed by atoms with Crippen LogP contribution in [0.5, 0.6) is 0 Å². The van der Waals surface area contributed by atoms with E-state index < -0.39 is 0 Å². The zero-order valence-electron chi connectivity index (χ0n) is 9.04. The molecule has 4 nitrogen and oxygen atoms in total. The summed E-state index contributed by atoms with van der Waals surface area (Å²) in [5.74, 6) is -0.0118. The van der Waals surface area contributed by atoms with E-state index in [0.29, 0.717) is 0 Å². The lowest BCUT2D eigenvalue weighted by Gasteiger charge is -2.36. The number of piperazine rings is 1. The predicted octanol–water partition coefficient (Wildman–Crippen LogP) is 0.522. The first-order valence-electron chi connectivity index (χ1n) is 5.20. The summed E-state index contributed by atoms with van der Waals surface area (Å²) < 4.78 is 0. The van der Waals surface area contributed by atoms with Crippen molar-refractivity contribution in [2.45, 2.75) is 45.7 Å². The second-order valence-electron chi connectivity index (χ2n) is 3.73. The van der Waals surface area contributed by atoms with E-state index in [9.17, 15) is 9.59 Å². The van der Waals surface area contributed by atoms with E-state index in [1.165, 1.54) is 0 Å². The van der Waals surface area contributed by atoms with Crippen LogP contribution in [0.25, 0.3) is 0 Å². The molecule has 0 bridgehead atoms. The first-order chi connectivity index (χ1) is 6.60. The molecule has 0 aromatic heterocycles. The first-order valence-corrected chi connectivity index (χ1v) is 5.20. The van der Waals surface area contributed by atoms with Gasteiger partial charge in [0.1, 0.15) is 6.04 Å². The fourth-order valence-corrected chi connectivity index (χ4v) is 1.87. The third kappa shape index (κ3) is 2.05.